The Morgan fingerprint density at radius 2 is 1.45 bits per heavy atom. The number of pyridine rings is 1. The minimum atomic E-state index is -0.537. The van der Waals surface area contributed by atoms with E-state index in [1.54, 1.807) is 32.4 Å². The topological polar surface area (TPSA) is 85.8 Å². The summed E-state index contributed by atoms with van der Waals surface area (Å²) in [6.07, 6.45) is 11.6. The maximum Gasteiger partial charge on any atom is 0.414 e. The Balaban J connectivity index is 2.24. The van der Waals surface area contributed by atoms with E-state index in [0.29, 0.717) is 19.6 Å². The maximum atomic E-state index is 13.2. The van der Waals surface area contributed by atoms with Gasteiger partial charge >= 0.3 is 18.0 Å². The molecular formula is C29H52N4O5+2. The van der Waals surface area contributed by atoms with E-state index in [-0.39, 0.29) is 27.8 Å². The Labute approximate surface area is 230 Å². The molecule has 38 heavy (non-hydrogen) atoms. The Hall–Kier alpha value is -2.52. The van der Waals surface area contributed by atoms with Crippen LogP contribution in [0.25, 0.3) is 0 Å². The molecule has 1 aromatic heterocycles. The Bertz CT molecular complexity index is 870. The fourth-order valence-electron chi connectivity index (χ4n) is 4.11. The van der Waals surface area contributed by atoms with Crippen molar-refractivity contribution in [1.82, 2.24) is 9.88 Å². The summed E-state index contributed by atoms with van der Waals surface area (Å²) in [6.45, 7) is 5.14. The van der Waals surface area contributed by atoms with Gasteiger partial charge in [-0.05, 0) is 44.2 Å². The van der Waals surface area contributed by atoms with Crippen molar-refractivity contribution in [3.63, 3.8) is 0 Å². The van der Waals surface area contributed by atoms with Crippen LogP contribution in [0.1, 0.15) is 81.6 Å². The highest BCUT2D eigenvalue weighted by Gasteiger charge is 2.32. The summed E-state index contributed by atoms with van der Waals surface area (Å²) in [7, 11) is 11.3. The molecule has 0 saturated heterocycles. The highest BCUT2D eigenvalue weighted by atomic mass is 16.6. The molecule has 1 heterocycles. The molecule has 0 saturated carbocycles. The van der Waals surface area contributed by atoms with Gasteiger partial charge in [0.05, 0.1) is 41.3 Å². The zero-order chi connectivity index (χ0) is 28.6. The molecule has 0 bridgehead atoms. The number of hydrogen-bond acceptors (Lipinski definition) is 6. The van der Waals surface area contributed by atoms with E-state index in [2.05, 4.69) is 19.1 Å². The van der Waals surface area contributed by atoms with Crippen LogP contribution in [0.4, 0.5) is 4.79 Å². The van der Waals surface area contributed by atoms with Gasteiger partial charge in [-0.1, -0.05) is 32.6 Å². The Morgan fingerprint density at radius 3 is 2.03 bits per heavy atom. The van der Waals surface area contributed by atoms with Crippen molar-refractivity contribution < 1.29 is 32.8 Å². The van der Waals surface area contributed by atoms with E-state index in [1.807, 2.05) is 21.0 Å². The predicted molar refractivity (Wildman–Crippen MR) is 150 cm³/mol. The van der Waals surface area contributed by atoms with Crippen LogP contribution in [-0.2, 0) is 9.53 Å². The molecule has 216 valence electrons. The molecule has 0 aromatic carbocycles. The van der Waals surface area contributed by atoms with Gasteiger partial charge < -0.3 is 18.9 Å². The molecule has 2 amide bonds. The molecule has 0 radical (unpaired) electrons. The van der Waals surface area contributed by atoms with Gasteiger partial charge in [0.25, 0.3) is 0 Å². The van der Waals surface area contributed by atoms with Gasteiger partial charge in [-0.15, -0.1) is 0 Å². The number of hydrogen-bond donors (Lipinski definition) is 0. The summed E-state index contributed by atoms with van der Waals surface area (Å²) in [6, 6.07) is 3.26. The molecule has 9 nitrogen and oxygen atoms in total. The molecule has 9 heteroatoms. The lowest BCUT2D eigenvalue weighted by Crippen LogP contribution is -2.46. The van der Waals surface area contributed by atoms with Crippen LogP contribution in [0.5, 0.6) is 5.75 Å². The van der Waals surface area contributed by atoms with Crippen LogP contribution in [-0.4, -0.2) is 105 Å². The Morgan fingerprint density at radius 1 is 0.868 bits per heavy atom. The first-order chi connectivity index (χ1) is 17.9. The quantitative estimate of drug-likeness (QED) is 0.151. The van der Waals surface area contributed by atoms with Crippen molar-refractivity contribution in [2.75, 3.05) is 68.5 Å². The van der Waals surface area contributed by atoms with Crippen molar-refractivity contribution in [2.45, 2.75) is 71.1 Å². The molecular weight excluding hydrogens is 484 g/mol. The number of likely N-dealkylation sites (N-methyl/N-ethyl adjacent to an activating group) is 1. The van der Waals surface area contributed by atoms with Crippen LogP contribution < -0.4 is 4.74 Å². The van der Waals surface area contributed by atoms with Gasteiger partial charge in [-0.3, -0.25) is 9.28 Å². The van der Waals surface area contributed by atoms with Gasteiger partial charge in [0.1, 0.15) is 13.2 Å². The zero-order valence-electron chi connectivity index (χ0n) is 25.0. The lowest BCUT2D eigenvalue weighted by atomic mass is 10.1. The van der Waals surface area contributed by atoms with Gasteiger partial charge in [-0.2, -0.15) is 0 Å². The molecule has 0 atom stereocenters. The third-order valence-corrected chi connectivity index (χ3v) is 6.73. The number of rotatable bonds is 18. The number of esters is 1. The number of carbonyl (C=O) groups excluding carboxylic acids is 3. The van der Waals surface area contributed by atoms with E-state index >= 15 is 0 Å². The second-order valence-corrected chi connectivity index (χ2v) is 11.5. The van der Waals surface area contributed by atoms with Gasteiger partial charge in [0.2, 0.25) is 5.69 Å². The monoisotopic (exact) mass is 536 g/mol. The summed E-state index contributed by atoms with van der Waals surface area (Å²) >= 11 is 0. The first-order valence-corrected chi connectivity index (χ1v) is 14.1. The fraction of sp³-hybridized carbons (Fsp3) is 0.724. The van der Waals surface area contributed by atoms with Crippen molar-refractivity contribution >= 4 is 18.0 Å². The number of aromatic nitrogens is 1. The number of unbranched alkanes of at least 4 members (excludes halogenated alkanes) is 7. The summed E-state index contributed by atoms with van der Waals surface area (Å²) in [5.41, 5.74) is 0.187. The van der Waals surface area contributed by atoms with Gasteiger partial charge in [-0.25, -0.2) is 14.6 Å². The Kier molecular flexibility index (Phi) is 15.1. The normalized spacial score (nSPS) is 11.8. The van der Waals surface area contributed by atoms with E-state index < -0.39 is 6.09 Å². The standard InChI is InChI=1S/C29H52N4O5/c1-8-18-26(34)37-24-23-32(4,5)21-15-13-11-9-10-12-14-16-22-33(6,7)28(35)27-25(19-17-20-30-27)38-29(36)31(2)3/h17,19-20H,8-16,18,21-24H2,1-7H3/q+2. The van der Waals surface area contributed by atoms with Crippen LogP contribution >= 0.6 is 0 Å². The highest BCUT2D eigenvalue weighted by Crippen LogP contribution is 2.21. The van der Waals surface area contributed by atoms with Crippen molar-refractivity contribution in [3.8, 4) is 5.75 Å². The van der Waals surface area contributed by atoms with E-state index in [9.17, 15) is 14.4 Å². The predicted octanol–water partition coefficient (Wildman–Crippen LogP) is 4.90. The SMILES string of the molecule is CCCC(=O)OCC[N+](C)(C)CCCCCCCCCC[N+](C)(C)C(=O)c1ncccc1OC(=O)N(C)C. The molecule has 0 aliphatic rings. The molecule has 0 aliphatic carbocycles. The number of quaternary nitrogens is 2. The van der Waals surface area contributed by atoms with Crippen LogP contribution in [0.2, 0.25) is 0 Å². The lowest BCUT2D eigenvalue weighted by Gasteiger charge is -2.29. The summed E-state index contributed by atoms with van der Waals surface area (Å²) < 4.78 is 11.7. The van der Waals surface area contributed by atoms with Crippen molar-refractivity contribution in [3.05, 3.63) is 24.0 Å². The van der Waals surface area contributed by atoms with Gasteiger partial charge in [0.15, 0.2) is 5.75 Å². The summed E-state index contributed by atoms with van der Waals surface area (Å²) in [5.74, 6) is -0.0561. The second kappa shape index (κ2) is 17.1. The molecule has 1 aromatic rings. The number of amides is 2. The van der Waals surface area contributed by atoms with Crippen LogP contribution in [0.3, 0.4) is 0 Å². The fourth-order valence-corrected chi connectivity index (χ4v) is 4.11. The first kappa shape index (κ1) is 33.5. The van der Waals surface area contributed by atoms with Crippen LogP contribution in [0, 0.1) is 0 Å². The van der Waals surface area contributed by atoms with Gasteiger partial charge in [0, 0.05) is 26.7 Å². The third kappa shape index (κ3) is 13.3. The molecule has 0 fully saturated rings. The highest BCUT2D eigenvalue weighted by molar-refractivity contribution is 5.90. The summed E-state index contributed by atoms with van der Waals surface area (Å²) in [5, 5.41) is 0. The van der Waals surface area contributed by atoms with Crippen LogP contribution in [0.15, 0.2) is 18.3 Å². The zero-order valence-corrected chi connectivity index (χ0v) is 25.0. The molecule has 0 spiro atoms. The van der Waals surface area contributed by atoms with E-state index in [1.165, 1.54) is 37.0 Å². The molecule has 0 unspecified atom stereocenters. The second-order valence-electron chi connectivity index (χ2n) is 11.5. The maximum absolute atomic E-state index is 13.2. The number of carbonyl (C=O) groups is 3. The molecule has 0 aliphatic heterocycles. The average molecular weight is 537 g/mol. The minimum Gasteiger partial charge on any atom is -0.460 e. The third-order valence-electron chi connectivity index (χ3n) is 6.73. The summed E-state index contributed by atoms with van der Waals surface area (Å²) in [4.78, 5) is 42.1. The van der Waals surface area contributed by atoms with E-state index in [4.69, 9.17) is 9.47 Å². The first-order valence-electron chi connectivity index (χ1n) is 14.1. The van der Waals surface area contributed by atoms with E-state index in [0.717, 1.165) is 43.3 Å². The van der Waals surface area contributed by atoms with Crippen molar-refractivity contribution in [2.24, 2.45) is 0 Å². The lowest BCUT2D eigenvalue weighted by molar-refractivity contribution is -0.890. The minimum absolute atomic E-state index is 0.0909. The smallest absolute Gasteiger partial charge is 0.414 e. The largest absolute Gasteiger partial charge is 0.460 e. The molecule has 1 rings (SSSR count). The number of nitrogens with zero attached hydrogens (tertiary/aromatic N) is 4. The average Bonchev–Trinajstić information content (AvgIpc) is 2.85. The number of ether oxygens (including phenoxy) is 2. The molecule has 0 N–H and O–H groups in total. The van der Waals surface area contributed by atoms with Crippen molar-refractivity contribution in [1.29, 1.82) is 0 Å².